The van der Waals surface area contributed by atoms with Gasteiger partial charge < -0.3 is 14.4 Å². The summed E-state index contributed by atoms with van der Waals surface area (Å²) in [4.78, 5) is 44.6. The number of hydrogen-bond acceptors (Lipinski definition) is 7. The highest BCUT2D eigenvalue weighted by Gasteiger charge is 2.34. The van der Waals surface area contributed by atoms with E-state index in [9.17, 15) is 14.4 Å². The van der Waals surface area contributed by atoms with Crippen LogP contribution in [0.1, 0.15) is 43.2 Å². The fourth-order valence-electron chi connectivity index (χ4n) is 3.24. The highest BCUT2D eigenvalue weighted by Crippen LogP contribution is 2.38. The first kappa shape index (κ1) is 24.1. The van der Waals surface area contributed by atoms with E-state index in [1.54, 1.807) is 50.1 Å². The number of rotatable bonds is 5. The molecule has 9 heteroatoms. The fraction of sp³-hybridized carbons (Fsp3) is 0.391. The lowest BCUT2D eigenvalue weighted by atomic mass is 10.0. The molecule has 170 valence electrons. The molecule has 1 aromatic heterocycles. The van der Waals surface area contributed by atoms with Crippen LogP contribution in [0.5, 0.6) is 0 Å². The van der Waals surface area contributed by atoms with Crippen LogP contribution in [0.15, 0.2) is 41.4 Å². The Morgan fingerprint density at radius 1 is 1.25 bits per heavy atom. The number of amides is 1. The Morgan fingerprint density at radius 3 is 2.56 bits per heavy atom. The zero-order valence-electron chi connectivity index (χ0n) is 18.4. The minimum atomic E-state index is -0.636. The summed E-state index contributed by atoms with van der Waals surface area (Å²) in [6.07, 6.45) is 1.52. The molecule has 0 saturated heterocycles. The second-order valence-corrected chi connectivity index (χ2v) is 9.88. The third-order valence-electron chi connectivity index (χ3n) is 4.67. The molecule has 0 bridgehead atoms. The molecule has 0 unspecified atom stereocenters. The van der Waals surface area contributed by atoms with Crippen molar-refractivity contribution in [2.45, 2.75) is 44.2 Å². The summed E-state index contributed by atoms with van der Waals surface area (Å²) in [6, 6.07) is 8.72. The maximum Gasteiger partial charge on any atom is 0.356 e. The molecule has 2 aromatic rings. The summed E-state index contributed by atoms with van der Waals surface area (Å²) in [5, 5.41) is 0.590. The Balaban J connectivity index is 1.96. The average Bonchev–Trinajstić information content (AvgIpc) is 2.85. The third kappa shape index (κ3) is 6.01. The van der Waals surface area contributed by atoms with Gasteiger partial charge in [-0.3, -0.25) is 9.59 Å². The number of carbonyl (C=O) groups is 3. The minimum absolute atomic E-state index is 0.0362. The summed E-state index contributed by atoms with van der Waals surface area (Å²) in [6.45, 7) is 5.62. The van der Waals surface area contributed by atoms with E-state index in [4.69, 9.17) is 21.1 Å². The van der Waals surface area contributed by atoms with Gasteiger partial charge in [0.2, 0.25) is 5.91 Å². The molecule has 0 N–H and O–H groups in total. The van der Waals surface area contributed by atoms with Gasteiger partial charge in [-0.2, -0.15) is 0 Å². The molecular formula is C23H25ClN2O5S. The van der Waals surface area contributed by atoms with Crippen LogP contribution in [0.25, 0.3) is 0 Å². The van der Waals surface area contributed by atoms with E-state index in [0.29, 0.717) is 16.5 Å². The van der Waals surface area contributed by atoms with Crippen LogP contribution in [0.3, 0.4) is 0 Å². The number of carbonyl (C=O) groups excluding carboxylic acids is 3. The number of hydrogen-bond donors (Lipinski definition) is 0. The van der Waals surface area contributed by atoms with Crippen LogP contribution in [-0.4, -0.2) is 41.3 Å². The number of anilines is 1. The van der Waals surface area contributed by atoms with Crippen LogP contribution in [0, 0.1) is 5.92 Å². The van der Waals surface area contributed by atoms with E-state index in [1.807, 2.05) is 12.1 Å². The summed E-state index contributed by atoms with van der Waals surface area (Å²) >= 11 is 7.42. The Hall–Kier alpha value is -2.58. The lowest BCUT2D eigenvalue weighted by molar-refractivity contribution is -0.156. The van der Waals surface area contributed by atoms with E-state index in [0.717, 1.165) is 10.5 Å². The maximum absolute atomic E-state index is 13.6. The molecule has 2 heterocycles. The van der Waals surface area contributed by atoms with Gasteiger partial charge in [0.15, 0.2) is 0 Å². The molecule has 0 saturated carbocycles. The summed E-state index contributed by atoms with van der Waals surface area (Å²) in [5.41, 5.74) is 0.875. The molecule has 1 aliphatic rings. The largest absolute Gasteiger partial charge is 0.464 e. The zero-order valence-corrected chi connectivity index (χ0v) is 20.0. The van der Waals surface area contributed by atoms with Gasteiger partial charge in [-0.05, 0) is 44.5 Å². The average molecular weight is 477 g/mol. The van der Waals surface area contributed by atoms with Crippen molar-refractivity contribution < 1.29 is 23.9 Å². The Kier molecular flexibility index (Phi) is 7.46. The molecule has 0 fully saturated rings. The molecule has 3 rings (SSSR count). The van der Waals surface area contributed by atoms with Crippen molar-refractivity contribution in [3.8, 4) is 0 Å². The van der Waals surface area contributed by atoms with Crippen LogP contribution in [-0.2, 0) is 25.6 Å². The second-order valence-electron chi connectivity index (χ2n) is 8.38. The molecule has 0 spiro atoms. The molecular weight excluding hydrogens is 452 g/mol. The molecule has 1 amide bonds. The number of benzene rings is 1. The number of esters is 2. The Labute approximate surface area is 196 Å². The minimum Gasteiger partial charge on any atom is -0.464 e. The number of fused-ring (bicyclic) bond motifs is 1. The highest BCUT2D eigenvalue weighted by atomic mass is 35.5. The highest BCUT2D eigenvalue weighted by molar-refractivity contribution is 7.99. The van der Waals surface area contributed by atoms with Gasteiger partial charge in [-0.15, -0.1) is 11.8 Å². The number of thioether (sulfide) groups is 1. The second kappa shape index (κ2) is 9.92. The number of halogens is 1. The zero-order chi connectivity index (χ0) is 23.5. The molecule has 32 heavy (non-hydrogen) atoms. The molecule has 1 aromatic carbocycles. The summed E-state index contributed by atoms with van der Waals surface area (Å²) in [5.74, 6) is -1.44. The maximum atomic E-state index is 13.6. The molecule has 7 nitrogen and oxygen atoms in total. The Bertz CT molecular complexity index is 1020. The van der Waals surface area contributed by atoms with Crippen LogP contribution in [0.4, 0.5) is 5.69 Å². The number of pyridine rings is 1. The fourth-order valence-corrected chi connectivity index (χ4v) is 4.45. The number of methoxy groups -OCH3 is 1. The lowest BCUT2D eigenvalue weighted by Gasteiger charge is -2.26. The SMILES string of the molecule is COC(=O)c1cc2c(cn1)SC[C@H](CC(=O)OC(C)(C)C)C(=O)N2Cc1ccc(Cl)cc1. The third-order valence-corrected chi connectivity index (χ3v) is 6.12. The first-order valence-electron chi connectivity index (χ1n) is 10.1. The Morgan fingerprint density at radius 2 is 1.94 bits per heavy atom. The topological polar surface area (TPSA) is 85.8 Å². The van der Waals surface area contributed by atoms with E-state index in [-0.39, 0.29) is 24.6 Å². The van der Waals surface area contributed by atoms with Crippen molar-refractivity contribution in [1.82, 2.24) is 4.98 Å². The van der Waals surface area contributed by atoms with Crippen molar-refractivity contribution in [3.63, 3.8) is 0 Å². The quantitative estimate of drug-likeness (QED) is 0.587. The van der Waals surface area contributed by atoms with E-state index in [1.165, 1.54) is 18.9 Å². The molecule has 0 aliphatic carbocycles. The normalized spacial score (nSPS) is 16.2. The molecule has 1 atom stereocenters. The number of aromatic nitrogens is 1. The van der Waals surface area contributed by atoms with Crippen LogP contribution in [0.2, 0.25) is 5.02 Å². The van der Waals surface area contributed by atoms with Crippen molar-refractivity contribution in [1.29, 1.82) is 0 Å². The predicted molar refractivity (Wildman–Crippen MR) is 123 cm³/mol. The number of ether oxygens (including phenoxy) is 2. The van der Waals surface area contributed by atoms with E-state index >= 15 is 0 Å². The van der Waals surface area contributed by atoms with Crippen molar-refractivity contribution in [3.05, 3.63) is 52.8 Å². The predicted octanol–water partition coefficient (Wildman–Crippen LogP) is 4.51. The standard InChI is InChI=1S/C23H25ClN2O5S/c1-23(2,3)31-20(27)9-15-13-32-19-11-25-17(22(29)30-4)10-18(19)26(21(15)28)12-14-5-7-16(24)8-6-14/h5-8,10-11,15H,9,12-13H2,1-4H3/t15-/m0/s1. The van der Waals surface area contributed by atoms with Crippen molar-refractivity contribution in [2.75, 3.05) is 17.8 Å². The number of nitrogens with zero attached hydrogens (tertiary/aromatic N) is 2. The smallest absolute Gasteiger partial charge is 0.356 e. The van der Waals surface area contributed by atoms with Crippen molar-refractivity contribution >= 4 is 46.9 Å². The van der Waals surface area contributed by atoms with Gasteiger partial charge in [0.05, 0.1) is 31.7 Å². The van der Waals surface area contributed by atoms with Crippen LogP contribution < -0.4 is 4.90 Å². The van der Waals surface area contributed by atoms with E-state index < -0.39 is 23.5 Å². The summed E-state index contributed by atoms with van der Waals surface area (Å²) in [7, 11) is 1.28. The first-order valence-corrected chi connectivity index (χ1v) is 11.4. The van der Waals surface area contributed by atoms with Gasteiger partial charge in [-0.25, -0.2) is 9.78 Å². The molecule has 0 radical (unpaired) electrons. The van der Waals surface area contributed by atoms with Gasteiger partial charge >= 0.3 is 11.9 Å². The lowest BCUT2D eigenvalue weighted by Crippen LogP contribution is -2.38. The van der Waals surface area contributed by atoms with Gasteiger partial charge in [0.1, 0.15) is 11.3 Å². The van der Waals surface area contributed by atoms with Gasteiger partial charge in [0.25, 0.3) is 0 Å². The van der Waals surface area contributed by atoms with Crippen molar-refractivity contribution in [2.24, 2.45) is 5.92 Å². The van der Waals surface area contributed by atoms with Gasteiger partial charge in [0, 0.05) is 21.9 Å². The van der Waals surface area contributed by atoms with Gasteiger partial charge in [-0.1, -0.05) is 23.7 Å². The summed E-state index contributed by atoms with van der Waals surface area (Å²) < 4.78 is 10.2. The van der Waals surface area contributed by atoms with E-state index in [2.05, 4.69) is 4.98 Å². The monoisotopic (exact) mass is 476 g/mol. The molecule has 1 aliphatic heterocycles. The van der Waals surface area contributed by atoms with Crippen LogP contribution >= 0.6 is 23.4 Å². The first-order chi connectivity index (χ1) is 15.1.